The molecule has 4 unspecified atom stereocenters. The fraction of sp³-hybridized carbons (Fsp3) is 0.800. The van der Waals surface area contributed by atoms with E-state index in [2.05, 4.69) is 16.5 Å². The van der Waals surface area contributed by atoms with Crippen LogP contribution in [0.15, 0.2) is 12.4 Å². The molecule has 2 bridgehead atoms. The molecule has 3 nitrogen and oxygen atoms in total. The summed E-state index contributed by atoms with van der Waals surface area (Å²) in [7, 11) is 0. The first-order valence-electron chi connectivity index (χ1n) is 7.47. The lowest BCUT2D eigenvalue weighted by molar-refractivity contribution is 0.114. The summed E-state index contributed by atoms with van der Waals surface area (Å²) >= 11 is 0. The second-order valence-electron chi connectivity index (χ2n) is 6.17. The minimum absolute atomic E-state index is 0.365. The van der Waals surface area contributed by atoms with E-state index in [1.54, 1.807) is 0 Å². The van der Waals surface area contributed by atoms with Crippen LogP contribution in [0.25, 0.3) is 0 Å². The average Bonchev–Trinajstić information content (AvgIpc) is 3.04. The van der Waals surface area contributed by atoms with Crippen LogP contribution in [-0.2, 0) is 6.54 Å². The first-order chi connectivity index (χ1) is 8.78. The second kappa shape index (κ2) is 5.04. The van der Waals surface area contributed by atoms with Gasteiger partial charge >= 0.3 is 0 Å². The molecular weight excluding hydrogens is 224 g/mol. The molecule has 2 aliphatic rings. The number of nitrogens with zero attached hydrogens (tertiary/aromatic N) is 2. The molecule has 18 heavy (non-hydrogen) atoms. The summed E-state index contributed by atoms with van der Waals surface area (Å²) in [6, 6.07) is 0. The Morgan fingerprint density at radius 2 is 2.33 bits per heavy atom. The van der Waals surface area contributed by atoms with E-state index in [1.807, 2.05) is 12.4 Å². The highest BCUT2D eigenvalue weighted by Gasteiger charge is 2.40. The number of rotatable bonds is 5. The Kier molecular flexibility index (Phi) is 3.42. The van der Waals surface area contributed by atoms with Crippen molar-refractivity contribution in [1.29, 1.82) is 0 Å². The molecule has 4 atom stereocenters. The van der Waals surface area contributed by atoms with Gasteiger partial charge in [-0.1, -0.05) is 13.3 Å². The first kappa shape index (κ1) is 12.2. The topological polar surface area (TPSA) is 38.0 Å². The number of aryl methyl sites for hydroxylation is 1. The lowest BCUT2D eigenvalue weighted by atomic mass is 9.85. The zero-order chi connectivity index (χ0) is 12.5. The summed E-state index contributed by atoms with van der Waals surface area (Å²) in [5, 5.41) is 10.4. The highest BCUT2D eigenvalue weighted by atomic mass is 16.3. The molecule has 2 fully saturated rings. The average molecular weight is 248 g/mol. The highest BCUT2D eigenvalue weighted by Crippen LogP contribution is 2.50. The molecule has 3 rings (SSSR count). The Hall–Kier alpha value is -0.830. The van der Waals surface area contributed by atoms with Gasteiger partial charge in [-0.2, -0.15) is 0 Å². The van der Waals surface area contributed by atoms with E-state index in [4.69, 9.17) is 0 Å². The summed E-state index contributed by atoms with van der Waals surface area (Å²) < 4.78 is 2.11. The van der Waals surface area contributed by atoms with E-state index in [0.29, 0.717) is 0 Å². The second-order valence-corrected chi connectivity index (χ2v) is 6.17. The predicted molar refractivity (Wildman–Crippen MR) is 71.0 cm³/mol. The number of hydrogen-bond acceptors (Lipinski definition) is 2. The van der Waals surface area contributed by atoms with Crippen molar-refractivity contribution in [2.24, 2.45) is 17.8 Å². The van der Waals surface area contributed by atoms with Crippen LogP contribution >= 0.6 is 0 Å². The molecule has 1 aromatic rings. The van der Waals surface area contributed by atoms with Gasteiger partial charge in [-0.15, -0.1) is 0 Å². The maximum atomic E-state index is 10.4. The molecule has 2 saturated carbocycles. The largest absolute Gasteiger partial charge is 0.385 e. The van der Waals surface area contributed by atoms with Gasteiger partial charge in [-0.25, -0.2) is 4.98 Å². The van der Waals surface area contributed by atoms with Gasteiger partial charge in [0.15, 0.2) is 0 Å². The fourth-order valence-corrected chi connectivity index (χ4v) is 4.11. The number of hydrogen-bond donors (Lipinski definition) is 1. The molecule has 1 aromatic heterocycles. The van der Waals surface area contributed by atoms with Crippen molar-refractivity contribution < 1.29 is 5.11 Å². The molecule has 0 spiro atoms. The summed E-state index contributed by atoms with van der Waals surface area (Å²) in [6.45, 7) is 3.12. The first-order valence-corrected chi connectivity index (χ1v) is 7.47. The van der Waals surface area contributed by atoms with Gasteiger partial charge in [0.2, 0.25) is 0 Å². The molecule has 0 saturated heterocycles. The van der Waals surface area contributed by atoms with Crippen molar-refractivity contribution in [3.63, 3.8) is 0 Å². The minimum Gasteiger partial charge on any atom is -0.385 e. The lowest BCUT2D eigenvalue weighted by Crippen LogP contribution is -2.17. The molecule has 2 aliphatic carbocycles. The zero-order valence-electron chi connectivity index (χ0n) is 11.3. The third-order valence-electron chi connectivity index (χ3n) is 4.92. The third kappa shape index (κ3) is 2.20. The van der Waals surface area contributed by atoms with Crippen molar-refractivity contribution in [2.45, 2.75) is 58.1 Å². The van der Waals surface area contributed by atoms with Crippen LogP contribution in [0.1, 0.15) is 57.4 Å². The number of aliphatic hydroxyl groups excluding tert-OH is 1. The maximum Gasteiger partial charge on any atom is 0.137 e. The summed E-state index contributed by atoms with van der Waals surface area (Å²) in [4.78, 5) is 4.35. The van der Waals surface area contributed by atoms with Gasteiger partial charge in [0.1, 0.15) is 11.9 Å². The lowest BCUT2D eigenvalue weighted by Gasteiger charge is -2.24. The zero-order valence-corrected chi connectivity index (χ0v) is 11.3. The van der Waals surface area contributed by atoms with Gasteiger partial charge in [0, 0.05) is 18.9 Å². The van der Waals surface area contributed by atoms with Crippen LogP contribution in [0, 0.1) is 17.8 Å². The van der Waals surface area contributed by atoms with Crippen LogP contribution in [0.5, 0.6) is 0 Å². The number of imidazole rings is 1. The van der Waals surface area contributed by atoms with Gasteiger partial charge in [0.25, 0.3) is 0 Å². The Balaban J connectivity index is 1.63. The standard InChI is InChI=1S/C15H24N2O/c1-2-6-17-7-5-16-15(17)14(18)10-13-9-11-3-4-12(13)8-11/h5,7,11-14,18H,2-4,6,8-10H2,1H3. The summed E-state index contributed by atoms with van der Waals surface area (Å²) in [6.07, 6.45) is 11.0. The van der Waals surface area contributed by atoms with Crippen LogP contribution in [-0.4, -0.2) is 14.7 Å². The molecule has 100 valence electrons. The highest BCUT2D eigenvalue weighted by molar-refractivity contribution is 4.99. The molecule has 0 radical (unpaired) electrons. The van der Waals surface area contributed by atoms with E-state index in [1.165, 1.54) is 25.7 Å². The molecular formula is C15H24N2O. The molecule has 1 heterocycles. The quantitative estimate of drug-likeness (QED) is 0.869. The van der Waals surface area contributed by atoms with Gasteiger partial charge in [0.05, 0.1) is 0 Å². The van der Waals surface area contributed by atoms with Crippen LogP contribution < -0.4 is 0 Å². The van der Waals surface area contributed by atoms with Crippen molar-refractivity contribution >= 4 is 0 Å². The number of aromatic nitrogens is 2. The van der Waals surface area contributed by atoms with Crippen molar-refractivity contribution in [1.82, 2.24) is 9.55 Å². The normalized spacial score (nSPS) is 32.0. The van der Waals surface area contributed by atoms with E-state index >= 15 is 0 Å². The Morgan fingerprint density at radius 1 is 1.44 bits per heavy atom. The molecule has 0 aromatic carbocycles. The van der Waals surface area contributed by atoms with Gasteiger partial charge < -0.3 is 9.67 Å². The maximum absolute atomic E-state index is 10.4. The van der Waals surface area contributed by atoms with E-state index in [-0.39, 0.29) is 6.10 Å². The van der Waals surface area contributed by atoms with E-state index in [0.717, 1.165) is 43.0 Å². The van der Waals surface area contributed by atoms with Gasteiger partial charge in [-0.3, -0.25) is 0 Å². The number of aliphatic hydroxyl groups is 1. The summed E-state index contributed by atoms with van der Waals surface area (Å²) in [5.41, 5.74) is 0. The fourth-order valence-electron chi connectivity index (χ4n) is 4.11. The number of fused-ring (bicyclic) bond motifs is 2. The van der Waals surface area contributed by atoms with Crippen LogP contribution in [0.2, 0.25) is 0 Å². The van der Waals surface area contributed by atoms with Crippen molar-refractivity contribution in [3.05, 3.63) is 18.2 Å². The van der Waals surface area contributed by atoms with Gasteiger partial charge in [-0.05, 0) is 49.9 Å². The monoisotopic (exact) mass is 248 g/mol. The molecule has 0 aliphatic heterocycles. The van der Waals surface area contributed by atoms with E-state index in [9.17, 15) is 5.11 Å². The predicted octanol–water partition coefficient (Wildman–Crippen LogP) is 3.15. The van der Waals surface area contributed by atoms with Crippen molar-refractivity contribution in [3.8, 4) is 0 Å². The Morgan fingerprint density at radius 3 is 3.00 bits per heavy atom. The van der Waals surface area contributed by atoms with Crippen molar-refractivity contribution in [2.75, 3.05) is 0 Å². The third-order valence-corrected chi connectivity index (χ3v) is 4.92. The SMILES string of the molecule is CCCn1ccnc1C(O)CC1CC2CCC1C2. The molecule has 1 N–H and O–H groups in total. The van der Waals surface area contributed by atoms with Crippen LogP contribution in [0.4, 0.5) is 0 Å². The van der Waals surface area contributed by atoms with Crippen LogP contribution in [0.3, 0.4) is 0 Å². The summed E-state index contributed by atoms with van der Waals surface area (Å²) in [5.74, 6) is 3.46. The Bertz CT molecular complexity index is 401. The Labute approximate surface area is 109 Å². The van der Waals surface area contributed by atoms with E-state index < -0.39 is 0 Å². The smallest absolute Gasteiger partial charge is 0.137 e. The molecule has 3 heteroatoms. The minimum atomic E-state index is -0.365. The molecule has 0 amide bonds.